The summed E-state index contributed by atoms with van der Waals surface area (Å²) in [5, 5.41) is 8.27. The molecule has 4 heteroatoms. The van der Waals surface area contributed by atoms with Crippen LogP contribution in [0.5, 0.6) is 0 Å². The third-order valence-electron chi connectivity index (χ3n) is 3.00. The summed E-state index contributed by atoms with van der Waals surface area (Å²) in [5.41, 5.74) is 3.52. The van der Waals surface area contributed by atoms with Crippen molar-refractivity contribution in [1.29, 1.82) is 0 Å². The molecule has 0 fully saturated rings. The summed E-state index contributed by atoms with van der Waals surface area (Å²) in [6.07, 6.45) is 1.81. The van der Waals surface area contributed by atoms with Gasteiger partial charge >= 0.3 is 0 Å². The van der Waals surface area contributed by atoms with E-state index in [-0.39, 0.29) is 6.04 Å². The molecule has 90 valence electrons. The first-order valence-electron chi connectivity index (χ1n) is 5.54. The second-order valence-corrected chi connectivity index (χ2v) is 4.54. The molecule has 1 atom stereocenters. The van der Waals surface area contributed by atoms with Gasteiger partial charge in [-0.3, -0.25) is 4.68 Å². The van der Waals surface area contributed by atoms with E-state index in [2.05, 4.69) is 17.3 Å². The number of hydrogen-bond donors (Lipinski definition) is 1. The Balaban J connectivity index is 2.49. The predicted octanol–water partition coefficient (Wildman–Crippen LogP) is 2.69. The molecule has 0 aliphatic carbocycles. The maximum absolute atomic E-state index is 6.07. The van der Waals surface area contributed by atoms with Crippen LogP contribution in [0.4, 0.5) is 0 Å². The van der Waals surface area contributed by atoms with Crippen LogP contribution in [0.15, 0.2) is 30.5 Å². The second-order valence-electron chi connectivity index (χ2n) is 4.10. The van der Waals surface area contributed by atoms with Crippen LogP contribution in [0.3, 0.4) is 0 Å². The highest BCUT2D eigenvalue weighted by molar-refractivity contribution is 6.30. The van der Waals surface area contributed by atoms with Gasteiger partial charge in [0.2, 0.25) is 0 Å². The molecule has 1 aromatic heterocycles. The molecule has 0 amide bonds. The molecule has 2 aromatic rings. The van der Waals surface area contributed by atoms with Crippen LogP contribution in [0.25, 0.3) is 0 Å². The van der Waals surface area contributed by atoms with Crippen LogP contribution in [-0.2, 0) is 7.05 Å². The summed E-state index contributed by atoms with van der Waals surface area (Å²) in [7, 11) is 3.89. The van der Waals surface area contributed by atoms with E-state index < -0.39 is 0 Å². The predicted molar refractivity (Wildman–Crippen MR) is 70.3 cm³/mol. The minimum Gasteiger partial charge on any atom is -0.308 e. The van der Waals surface area contributed by atoms with Gasteiger partial charge in [0.25, 0.3) is 0 Å². The van der Waals surface area contributed by atoms with Gasteiger partial charge in [-0.1, -0.05) is 17.7 Å². The van der Waals surface area contributed by atoms with Gasteiger partial charge in [0, 0.05) is 18.3 Å². The van der Waals surface area contributed by atoms with Gasteiger partial charge in [0.15, 0.2) is 0 Å². The Bertz CT molecular complexity index is 519. The molecular formula is C13H16ClN3. The highest BCUT2D eigenvalue weighted by Gasteiger charge is 2.17. The van der Waals surface area contributed by atoms with Crippen LogP contribution < -0.4 is 5.32 Å². The smallest absolute Gasteiger partial charge is 0.0748 e. The average Bonchev–Trinajstić information content (AvgIpc) is 2.71. The zero-order chi connectivity index (χ0) is 12.4. The molecule has 1 heterocycles. The molecular weight excluding hydrogens is 234 g/mol. The lowest BCUT2D eigenvalue weighted by atomic mass is 9.99. The SMILES string of the molecule is CNC(c1cc(Cl)ccc1C)c1ccnn1C. The van der Waals surface area contributed by atoms with Gasteiger partial charge in [-0.2, -0.15) is 5.10 Å². The fourth-order valence-corrected chi connectivity index (χ4v) is 2.23. The Morgan fingerprint density at radius 2 is 2.12 bits per heavy atom. The van der Waals surface area contributed by atoms with Crippen molar-refractivity contribution in [2.45, 2.75) is 13.0 Å². The standard InChI is InChI=1S/C13H16ClN3/c1-9-4-5-10(14)8-11(9)13(15-2)12-6-7-16-17(12)3/h4-8,13,15H,1-3H3. The van der Waals surface area contributed by atoms with Gasteiger partial charge in [-0.15, -0.1) is 0 Å². The number of rotatable bonds is 3. The van der Waals surface area contributed by atoms with Crippen molar-refractivity contribution in [2.75, 3.05) is 7.05 Å². The fraction of sp³-hybridized carbons (Fsp3) is 0.308. The van der Waals surface area contributed by atoms with Gasteiger partial charge < -0.3 is 5.32 Å². The van der Waals surface area contributed by atoms with E-state index in [0.29, 0.717) is 0 Å². The number of aromatic nitrogens is 2. The molecule has 1 unspecified atom stereocenters. The third kappa shape index (κ3) is 2.35. The summed E-state index contributed by atoms with van der Waals surface area (Å²) >= 11 is 6.07. The highest BCUT2D eigenvalue weighted by atomic mass is 35.5. The highest BCUT2D eigenvalue weighted by Crippen LogP contribution is 2.26. The first-order valence-corrected chi connectivity index (χ1v) is 5.92. The number of nitrogens with zero attached hydrogens (tertiary/aromatic N) is 2. The van der Waals surface area contributed by atoms with Crippen molar-refractivity contribution in [2.24, 2.45) is 7.05 Å². The van der Waals surface area contributed by atoms with E-state index in [0.717, 1.165) is 10.7 Å². The summed E-state index contributed by atoms with van der Waals surface area (Å²) in [6.45, 7) is 2.09. The Morgan fingerprint density at radius 1 is 1.35 bits per heavy atom. The van der Waals surface area contributed by atoms with Crippen LogP contribution >= 0.6 is 11.6 Å². The number of halogens is 1. The van der Waals surface area contributed by atoms with Crippen molar-refractivity contribution in [3.05, 3.63) is 52.3 Å². The summed E-state index contributed by atoms with van der Waals surface area (Å²) in [5.74, 6) is 0. The lowest BCUT2D eigenvalue weighted by Crippen LogP contribution is -2.21. The van der Waals surface area contributed by atoms with E-state index in [1.54, 1.807) is 6.20 Å². The monoisotopic (exact) mass is 249 g/mol. The summed E-state index contributed by atoms with van der Waals surface area (Å²) in [6, 6.07) is 8.09. The molecule has 0 aliphatic heterocycles. The normalized spacial score (nSPS) is 12.7. The zero-order valence-electron chi connectivity index (χ0n) is 10.2. The van der Waals surface area contributed by atoms with E-state index >= 15 is 0 Å². The minimum absolute atomic E-state index is 0.112. The van der Waals surface area contributed by atoms with Crippen LogP contribution in [0.1, 0.15) is 22.9 Å². The number of aryl methyl sites for hydroxylation is 2. The van der Waals surface area contributed by atoms with E-state index in [1.807, 2.05) is 43.0 Å². The molecule has 0 spiro atoms. The van der Waals surface area contributed by atoms with Crippen LogP contribution in [0, 0.1) is 6.92 Å². The minimum atomic E-state index is 0.112. The topological polar surface area (TPSA) is 29.9 Å². The molecule has 0 saturated carbocycles. The van der Waals surface area contributed by atoms with Crippen molar-refractivity contribution >= 4 is 11.6 Å². The van der Waals surface area contributed by atoms with Gasteiger partial charge in [0.05, 0.1) is 11.7 Å². The van der Waals surface area contributed by atoms with E-state index in [4.69, 9.17) is 11.6 Å². The Morgan fingerprint density at radius 3 is 2.71 bits per heavy atom. The largest absolute Gasteiger partial charge is 0.308 e. The van der Waals surface area contributed by atoms with Crippen molar-refractivity contribution in [1.82, 2.24) is 15.1 Å². The number of nitrogens with one attached hydrogen (secondary N) is 1. The lowest BCUT2D eigenvalue weighted by Gasteiger charge is -2.19. The van der Waals surface area contributed by atoms with Crippen molar-refractivity contribution in [3.8, 4) is 0 Å². The molecule has 2 rings (SSSR count). The molecule has 1 aromatic carbocycles. The van der Waals surface area contributed by atoms with Gasteiger partial charge in [-0.05, 0) is 43.3 Å². The number of hydrogen-bond acceptors (Lipinski definition) is 2. The van der Waals surface area contributed by atoms with Crippen molar-refractivity contribution < 1.29 is 0 Å². The Labute approximate surface area is 106 Å². The molecule has 0 bridgehead atoms. The van der Waals surface area contributed by atoms with Gasteiger partial charge in [-0.25, -0.2) is 0 Å². The summed E-state index contributed by atoms with van der Waals surface area (Å²) < 4.78 is 1.88. The molecule has 0 radical (unpaired) electrons. The van der Waals surface area contributed by atoms with Gasteiger partial charge in [0.1, 0.15) is 0 Å². The first-order chi connectivity index (χ1) is 8.13. The fourth-order valence-electron chi connectivity index (χ4n) is 2.05. The van der Waals surface area contributed by atoms with Crippen molar-refractivity contribution in [3.63, 3.8) is 0 Å². The molecule has 1 N–H and O–H groups in total. The molecule has 0 aliphatic rings. The third-order valence-corrected chi connectivity index (χ3v) is 3.23. The molecule has 0 saturated heterocycles. The Kier molecular flexibility index (Phi) is 3.50. The second kappa shape index (κ2) is 4.90. The quantitative estimate of drug-likeness (QED) is 0.907. The zero-order valence-corrected chi connectivity index (χ0v) is 11.0. The van der Waals surface area contributed by atoms with E-state index in [1.165, 1.54) is 11.1 Å². The Hall–Kier alpha value is -1.32. The maximum Gasteiger partial charge on any atom is 0.0748 e. The average molecular weight is 250 g/mol. The maximum atomic E-state index is 6.07. The van der Waals surface area contributed by atoms with Crippen LogP contribution in [-0.4, -0.2) is 16.8 Å². The van der Waals surface area contributed by atoms with Crippen LogP contribution in [0.2, 0.25) is 5.02 Å². The van der Waals surface area contributed by atoms with E-state index in [9.17, 15) is 0 Å². The first kappa shape index (κ1) is 12.1. The summed E-state index contributed by atoms with van der Waals surface area (Å²) in [4.78, 5) is 0. The lowest BCUT2D eigenvalue weighted by molar-refractivity contribution is 0.604. The molecule has 17 heavy (non-hydrogen) atoms. The molecule has 3 nitrogen and oxygen atoms in total. The number of benzene rings is 1.